The molecule has 0 aliphatic rings. The SMILES string of the molecule is [Al+3].[Cu+].[Mg+2].[Mn+2].[Zn+2]. The summed E-state index contributed by atoms with van der Waals surface area (Å²) >= 11 is 0. The van der Waals surface area contributed by atoms with Crippen molar-refractivity contribution in [1.29, 1.82) is 0 Å². The molecule has 0 amide bonds. The van der Waals surface area contributed by atoms with Gasteiger partial charge in [0.2, 0.25) is 0 Å². The van der Waals surface area contributed by atoms with Crippen molar-refractivity contribution in [1.82, 2.24) is 0 Å². The molecule has 0 spiro atoms. The van der Waals surface area contributed by atoms with Crippen LogP contribution in [0, 0.1) is 0 Å². The predicted molar refractivity (Wildman–Crippen MR) is 11.5 cm³/mol. The van der Waals surface area contributed by atoms with Gasteiger partial charge in [0, 0.05) is 0 Å². The van der Waals surface area contributed by atoms with Crippen molar-refractivity contribution in [3.05, 3.63) is 0 Å². The monoisotopic (exact) mass is 233 g/mol. The molecule has 0 aromatic carbocycles. The van der Waals surface area contributed by atoms with Crippen LogP contribution in [0.2, 0.25) is 0 Å². The van der Waals surface area contributed by atoms with Crippen LogP contribution in [0.15, 0.2) is 0 Å². The van der Waals surface area contributed by atoms with Crippen LogP contribution < -0.4 is 0 Å². The second kappa shape index (κ2) is 28.2. The molecule has 0 unspecified atom stereocenters. The van der Waals surface area contributed by atoms with E-state index >= 15 is 0 Å². The maximum absolute atomic E-state index is 0. The van der Waals surface area contributed by atoms with E-state index in [0.717, 1.165) is 0 Å². The maximum atomic E-state index is 0. The molecule has 15 valence electrons. The first-order chi connectivity index (χ1) is 0. The van der Waals surface area contributed by atoms with Crippen molar-refractivity contribution in [3.8, 4) is 0 Å². The minimum absolute atomic E-state index is 0. The standard InChI is InChI=1S/Al.Cu.Mg.Mn.Zn/q+3;+1;3*+2. The summed E-state index contributed by atoms with van der Waals surface area (Å²) in [5, 5.41) is 0. The van der Waals surface area contributed by atoms with Crippen LogP contribution in [-0.2, 0) is 53.6 Å². The van der Waals surface area contributed by atoms with Crippen molar-refractivity contribution in [2.24, 2.45) is 0 Å². The van der Waals surface area contributed by atoms with E-state index in [2.05, 4.69) is 0 Å². The second-order valence-electron chi connectivity index (χ2n) is 0. The summed E-state index contributed by atoms with van der Waals surface area (Å²) in [6.07, 6.45) is 0. The van der Waals surface area contributed by atoms with Crippen molar-refractivity contribution < 1.29 is 53.6 Å². The molecule has 0 nitrogen and oxygen atoms in total. The van der Waals surface area contributed by atoms with Gasteiger partial charge in [0.1, 0.15) is 0 Å². The largest absolute Gasteiger partial charge is 3.00 e. The Kier molecular flexibility index (Phi) is 248. The first kappa shape index (κ1) is 44.0. The Morgan fingerprint density at radius 2 is 1.00 bits per heavy atom. The fourth-order valence-corrected chi connectivity index (χ4v) is 0. The van der Waals surface area contributed by atoms with E-state index in [0.29, 0.717) is 0 Å². The van der Waals surface area contributed by atoms with Crippen LogP contribution in [0.5, 0.6) is 0 Å². The van der Waals surface area contributed by atoms with Gasteiger partial charge in [-0.1, -0.05) is 0 Å². The van der Waals surface area contributed by atoms with Gasteiger partial charge < -0.3 is 0 Å². The van der Waals surface area contributed by atoms with Gasteiger partial charge in [-0.05, 0) is 0 Å². The van der Waals surface area contributed by atoms with Crippen LogP contribution >= 0.6 is 0 Å². The minimum Gasteiger partial charge on any atom is 1.00 e. The molecule has 0 aliphatic carbocycles. The van der Waals surface area contributed by atoms with Crippen LogP contribution in [0.1, 0.15) is 0 Å². The third-order valence-corrected chi connectivity index (χ3v) is 0. The van der Waals surface area contributed by atoms with Crippen molar-refractivity contribution in [2.45, 2.75) is 0 Å². The summed E-state index contributed by atoms with van der Waals surface area (Å²) in [6.45, 7) is 0. The van der Waals surface area contributed by atoms with Crippen LogP contribution in [0.3, 0.4) is 0 Å². The Balaban J connectivity index is 0. The third-order valence-electron chi connectivity index (χ3n) is 0. The fourth-order valence-electron chi connectivity index (χ4n) is 0. The predicted octanol–water partition coefficient (Wildman–Crippen LogP) is -0.769. The zero-order valence-corrected chi connectivity index (χ0v) is 10.3. The van der Waals surface area contributed by atoms with Gasteiger partial charge in [-0.15, -0.1) is 0 Å². The molecular formula is AlCuMgMnZn+10. The Hall–Kier alpha value is 2.96. The van der Waals surface area contributed by atoms with Crippen LogP contribution in [0.4, 0.5) is 0 Å². The van der Waals surface area contributed by atoms with Gasteiger partial charge >= 0.3 is 94.0 Å². The number of hydrogen-bond acceptors (Lipinski definition) is 0. The number of rotatable bonds is 0. The molecule has 0 aromatic heterocycles. The molecular weight excluding hydrogens is 235 g/mol. The molecule has 0 aromatic rings. The summed E-state index contributed by atoms with van der Waals surface area (Å²) < 4.78 is 0. The topological polar surface area (TPSA) is 0 Å². The van der Waals surface area contributed by atoms with Crippen molar-refractivity contribution in [3.63, 3.8) is 0 Å². The molecule has 0 heterocycles. The van der Waals surface area contributed by atoms with E-state index in [4.69, 9.17) is 0 Å². The zero-order valence-electron chi connectivity index (χ0n) is 2.67. The first-order valence-electron chi connectivity index (χ1n) is 0. The van der Waals surface area contributed by atoms with Crippen LogP contribution in [0.25, 0.3) is 0 Å². The Labute approximate surface area is 92.6 Å². The molecule has 0 saturated heterocycles. The summed E-state index contributed by atoms with van der Waals surface area (Å²) in [4.78, 5) is 0. The van der Waals surface area contributed by atoms with Gasteiger partial charge in [-0.2, -0.15) is 0 Å². The van der Waals surface area contributed by atoms with Gasteiger partial charge in [0.15, 0.2) is 0 Å². The Morgan fingerprint density at radius 3 is 1.00 bits per heavy atom. The summed E-state index contributed by atoms with van der Waals surface area (Å²) in [5.41, 5.74) is 0. The third kappa shape index (κ3) is 19.5. The van der Waals surface area contributed by atoms with Crippen molar-refractivity contribution in [2.75, 3.05) is 0 Å². The van der Waals surface area contributed by atoms with E-state index in [1.165, 1.54) is 0 Å². The molecule has 0 rings (SSSR count). The molecule has 0 saturated carbocycles. The smallest absolute Gasteiger partial charge is 1.00 e. The minimum atomic E-state index is 0. The number of hydrogen-bond donors (Lipinski definition) is 0. The van der Waals surface area contributed by atoms with Gasteiger partial charge in [-0.3, -0.25) is 0 Å². The Morgan fingerprint density at radius 1 is 1.00 bits per heavy atom. The molecule has 1 radical (unpaired) electrons. The fraction of sp³-hybridized carbons (Fsp3) is 0. The summed E-state index contributed by atoms with van der Waals surface area (Å²) in [5.74, 6) is 0. The molecule has 0 bridgehead atoms. The van der Waals surface area contributed by atoms with E-state index < -0.39 is 0 Å². The molecule has 5 heavy (non-hydrogen) atoms. The quantitative estimate of drug-likeness (QED) is 0.484. The average Bonchev–Trinajstić information content (AvgIpc) is 0. The van der Waals surface area contributed by atoms with E-state index in [1.54, 1.807) is 0 Å². The summed E-state index contributed by atoms with van der Waals surface area (Å²) in [6, 6.07) is 0. The van der Waals surface area contributed by atoms with Crippen molar-refractivity contribution >= 4 is 40.4 Å². The zero-order chi connectivity index (χ0) is 0. The maximum Gasteiger partial charge on any atom is 3.00 e. The molecule has 5 heteroatoms. The van der Waals surface area contributed by atoms with E-state index in [-0.39, 0.29) is 94.0 Å². The van der Waals surface area contributed by atoms with Gasteiger partial charge in [0.05, 0.1) is 0 Å². The normalized spacial score (nSPS) is 0. The molecule has 0 atom stereocenters. The van der Waals surface area contributed by atoms with Gasteiger partial charge in [0.25, 0.3) is 0 Å². The molecule has 0 fully saturated rings. The second-order valence-corrected chi connectivity index (χ2v) is 0. The Bertz CT molecular complexity index is 11.6. The molecule has 0 aliphatic heterocycles. The van der Waals surface area contributed by atoms with E-state index in [9.17, 15) is 0 Å². The van der Waals surface area contributed by atoms with Crippen LogP contribution in [-0.4, -0.2) is 40.4 Å². The first-order valence-corrected chi connectivity index (χ1v) is 0. The molecule has 0 N–H and O–H groups in total. The summed E-state index contributed by atoms with van der Waals surface area (Å²) in [7, 11) is 0. The van der Waals surface area contributed by atoms with E-state index in [1.807, 2.05) is 0 Å². The van der Waals surface area contributed by atoms with Gasteiger partial charge in [-0.25, -0.2) is 0 Å². The average molecular weight is 235 g/mol.